The molecular formula is C13H17N5O4. The Kier molecular flexibility index (Phi) is 3.80. The van der Waals surface area contributed by atoms with Gasteiger partial charge < -0.3 is 15.2 Å². The molecule has 2 amide bonds. The number of nitrogens with one attached hydrogen (secondary N) is 1. The molecule has 9 nitrogen and oxygen atoms in total. The van der Waals surface area contributed by atoms with Crippen molar-refractivity contribution in [3.63, 3.8) is 0 Å². The van der Waals surface area contributed by atoms with Gasteiger partial charge in [0.25, 0.3) is 0 Å². The Labute approximate surface area is 126 Å². The molecule has 2 heterocycles. The van der Waals surface area contributed by atoms with Gasteiger partial charge in [0.05, 0.1) is 12.5 Å². The standard InChI is InChI=1S/C13H17N5O4/c1-2-22-10(19)8-6-9(7-8)18-12(20)15-11(16-13(18)21)17-5-3-4-14-17/h3-5,8-9,12,20H,2,6-7H2,1H3,(H,15,16,21)/t8-,9-,12?. The van der Waals surface area contributed by atoms with E-state index in [1.54, 1.807) is 25.4 Å². The molecule has 1 aliphatic carbocycles. The third-order valence-electron chi connectivity index (χ3n) is 3.79. The molecule has 2 N–H and O–H groups in total. The lowest BCUT2D eigenvalue weighted by Gasteiger charge is -2.44. The zero-order valence-corrected chi connectivity index (χ0v) is 12.0. The molecule has 0 spiro atoms. The summed E-state index contributed by atoms with van der Waals surface area (Å²) in [6, 6.07) is 0.903. The van der Waals surface area contributed by atoms with Crippen LogP contribution in [0.3, 0.4) is 0 Å². The second kappa shape index (κ2) is 5.76. The molecule has 1 atom stereocenters. The lowest BCUT2D eigenvalue weighted by Crippen LogP contribution is -2.62. The first-order chi connectivity index (χ1) is 10.6. The number of rotatable bonds is 3. The number of aromatic nitrogens is 2. The van der Waals surface area contributed by atoms with Crippen LogP contribution in [0.25, 0.3) is 0 Å². The highest BCUT2D eigenvalue weighted by atomic mass is 16.5. The third kappa shape index (κ3) is 2.54. The fourth-order valence-electron chi connectivity index (χ4n) is 2.61. The van der Waals surface area contributed by atoms with E-state index in [9.17, 15) is 14.7 Å². The number of nitrogens with zero attached hydrogens (tertiary/aromatic N) is 4. The van der Waals surface area contributed by atoms with E-state index in [4.69, 9.17) is 4.74 Å². The summed E-state index contributed by atoms with van der Waals surface area (Å²) >= 11 is 0. The highest BCUT2D eigenvalue weighted by Crippen LogP contribution is 2.34. The molecule has 1 unspecified atom stereocenters. The van der Waals surface area contributed by atoms with E-state index in [1.807, 2.05) is 0 Å². The minimum atomic E-state index is -1.20. The van der Waals surface area contributed by atoms with Gasteiger partial charge in [-0.2, -0.15) is 10.1 Å². The van der Waals surface area contributed by atoms with Crippen LogP contribution in [0.1, 0.15) is 19.8 Å². The van der Waals surface area contributed by atoms with Crippen molar-refractivity contribution in [2.24, 2.45) is 10.9 Å². The Balaban J connectivity index is 1.65. The largest absolute Gasteiger partial charge is 0.466 e. The number of esters is 1. The summed E-state index contributed by atoms with van der Waals surface area (Å²) in [5.74, 6) is -0.312. The van der Waals surface area contributed by atoms with Crippen LogP contribution in [-0.2, 0) is 9.53 Å². The third-order valence-corrected chi connectivity index (χ3v) is 3.79. The molecule has 0 saturated heterocycles. The van der Waals surface area contributed by atoms with Crippen molar-refractivity contribution in [3.8, 4) is 0 Å². The smallest absolute Gasteiger partial charge is 0.350 e. The first-order valence-corrected chi connectivity index (χ1v) is 7.12. The summed E-state index contributed by atoms with van der Waals surface area (Å²) in [5, 5.41) is 16.8. The van der Waals surface area contributed by atoms with Gasteiger partial charge in [-0.25, -0.2) is 9.48 Å². The van der Waals surface area contributed by atoms with E-state index in [0.29, 0.717) is 19.4 Å². The predicted molar refractivity (Wildman–Crippen MR) is 74.6 cm³/mol. The maximum Gasteiger partial charge on any atom is 0.350 e. The number of hydrogen-bond donors (Lipinski definition) is 2. The van der Waals surface area contributed by atoms with E-state index in [2.05, 4.69) is 15.4 Å². The first-order valence-electron chi connectivity index (χ1n) is 7.12. The van der Waals surface area contributed by atoms with Crippen LogP contribution < -0.4 is 5.32 Å². The van der Waals surface area contributed by atoms with Crippen molar-refractivity contribution in [2.75, 3.05) is 6.61 Å². The number of amides is 2. The van der Waals surface area contributed by atoms with Crippen molar-refractivity contribution in [3.05, 3.63) is 18.5 Å². The predicted octanol–water partition coefficient (Wildman–Crippen LogP) is -0.270. The van der Waals surface area contributed by atoms with Crippen LogP contribution >= 0.6 is 0 Å². The Hall–Kier alpha value is -2.42. The SMILES string of the molecule is CCOC(=O)[C@H]1C[C@H](N2C(=O)N=C(n3cccn3)NC2O)C1. The number of hydrogen-bond acceptors (Lipinski definition) is 6. The monoisotopic (exact) mass is 307 g/mol. The lowest BCUT2D eigenvalue weighted by molar-refractivity contribution is -0.154. The van der Waals surface area contributed by atoms with Crippen LogP contribution in [0.5, 0.6) is 0 Å². The van der Waals surface area contributed by atoms with E-state index in [-0.39, 0.29) is 23.9 Å². The summed E-state index contributed by atoms with van der Waals surface area (Å²) < 4.78 is 6.30. The van der Waals surface area contributed by atoms with Crippen molar-refractivity contribution in [1.29, 1.82) is 0 Å². The van der Waals surface area contributed by atoms with Gasteiger partial charge in [0.15, 0.2) is 0 Å². The molecular weight excluding hydrogens is 290 g/mol. The number of carbonyl (C=O) groups excluding carboxylic acids is 2. The topological polar surface area (TPSA) is 109 Å². The molecule has 0 bridgehead atoms. The Bertz CT molecular complexity index is 594. The van der Waals surface area contributed by atoms with Crippen molar-refractivity contribution >= 4 is 18.0 Å². The molecule has 0 radical (unpaired) electrons. The van der Waals surface area contributed by atoms with E-state index >= 15 is 0 Å². The van der Waals surface area contributed by atoms with E-state index < -0.39 is 12.4 Å². The molecule has 1 aromatic heterocycles. The van der Waals surface area contributed by atoms with Crippen molar-refractivity contribution < 1.29 is 19.4 Å². The zero-order chi connectivity index (χ0) is 15.7. The molecule has 1 saturated carbocycles. The maximum absolute atomic E-state index is 12.1. The number of aliphatic imine (C=N–C) groups is 1. The average molecular weight is 307 g/mol. The fourth-order valence-corrected chi connectivity index (χ4v) is 2.61. The summed E-state index contributed by atoms with van der Waals surface area (Å²) in [6.07, 6.45) is 2.90. The molecule has 1 fully saturated rings. The van der Waals surface area contributed by atoms with Gasteiger partial charge in [0, 0.05) is 18.4 Å². The fraction of sp³-hybridized carbons (Fsp3) is 0.538. The van der Waals surface area contributed by atoms with Gasteiger partial charge in [0.1, 0.15) is 0 Å². The molecule has 1 aliphatic heterocycles. The first kappa shape index (κ1) is 14.5. The Morgan fingerprint density at radius 1 is 1.55 bits per heavy atom. The molecule has 3 rings (SSSR count). The van der Waals surface area contributed by atoms with Crippen molar-refractivity contribution in [1.82, 2.24) is 20.0 Å². The zero-order valence-electron chi connectivity index (χ0n) is 12.0. The molecule has 22 heavy (non-hydrogen) atoms. The van der Waals surface area contributed by atoms with E-state index in [0.717, 1.165) is 0 Å². The number of urea groups is 1. The average Bonchev–Trinajstić information content (AvgIpc) is 2.94. The Morgan fingerprint density at radius 3 is 2.91 bits per heavy atom. The summed E-state index contributed by atoms with van der Waals surface area (Å²) in [6.45, 7) is 2.09. The summed E-state index contributed by atoms with van der Waals surface area (Å²) in [7, 11) is 0. The van der Waals surface area contributed by atoms with E-state index in [1.165, 1.54) is 9.58 Å². The quantitative estimate of drug-likeness (QED) is 0.744. The number of carbonyl (C=O) groups is 2. The minimum Gasteiger partial charge on any atom is -0.466 e. The highest BCUT2D eigenvalue weighted by molar-refractivity contribution is 5.95. The molecule has 9 heteroatoms. The summed E-state index contributed by atoms with van der Waals surface area (Å²) in [4.78, 5) is 28.8. The second-order valence-electron chi connectivity index (χ2n) is 5.17. The van der Waals surface area contributed by atoms with Gasteiger partial charge in [-0.3, -0.25) is 9.69 Å². The number of ether oxygens (including phenoxy) is 1. The van der Waals surface area contributed by atoms with Gasteiger partial charge in [-0.15, -0.1) is 0 Å². The number of aliphatic hydroxyl groups excluding tert-OH is 1. The second-order valence-corrected chi connectivity index (χ2v) is 5.17. The molecule has 0 aromatic carbocycles. The lowest BCUT2D eigenvalue weighted by atomic mass is 9.79. The van der Waals surface area contributed by atoms with Gasteiger partial charge in [-0.1, -0.05) is 0 Å². The van der Waals surface area contributed by atoms with Crippen LogP contribution in [0, 0.1) is 5.92 Å². The molecule has 1 aromatic rings. The highest BCUT2D eigenvalue weighted by Gasteiger charge is 2.44. The minimum absolute atomic E-state index is 0.167. The van der Waals surface area contributed by atoms with Crippen molar-refractivity contribution in [2.45, 2.75) is 32.2 Å². The number of aliphatic hydroxyl groups is 1. The van der Waals surface area contributed by atoms with Crippen LogP contribution in [0.4, 0.5) is 4.79 Å². The van der Waals surface area contributed by atoms with Gasteiger partial charge >= 0.3 is 12.0 Å². The van der Waals surface area contributed by atoms with Crippen LogP contribution in [0.2, 0.25) is 0 Å². The summed E-state index contributed by atoms with van der Waals surface area (Å²) in [5.41, 5.74) is 0. The molecule has 118 valence electrons. The Morgan fingerprint density at radius 2 is 2.32 bits per heavy atom. The van der Waals surface area contributed by atoms with Crippen LogP contribution in [0.15, 0.2) is 23.5 Å². The normalized spacial score (nSPS) is 27.7. The maximum atomic E-state index is 12.1. The molecule has 2 aliphatic rings. The van der Waals surface area contributed by atoms with Crippen LogP contribution in [-0.4, -0.2) is 56.7 Å². The van der Waals surface area contributed by atoms with Gasteiger partial charge in [-0.05, 0) is 25.8 Å². The van der Waals surface area contributed by atoms with Gasteiger partial charge in [0.2, 0.25) is 12.3 Å².